The Labute approximate surface area is 169 Å². The Morgan fingerprint density at radius 1 is 1.10 bits per heavy atom. The number of hydrogen-bond donors (Lipinski definition) is 0. The third-order valence-electron chi connectivity index (χ3n) is 4.34. The van der Waals surface area contributed by atoms with Crippen LogP contribution in [-0.2, 0) is 12.7 Å². The van der Waals surface area contributed by atoms with Crippen LogP contribution in [0.2, 0.25) is 5.15 Å². The molecule has 4 nitrogen and oxygen atoms in total. The highest BCUT2D eigenvalue weighted by Crippen LogP contribution is 2.29. The normalized spacial score (nSPS) is 11.6. The van der Waals surface area contributed by atoms with Crippen LogP contribution in [0, 0.1) is 12.7 Å². The topological polar surface area (TPSA) is 38.1 Å². The molecule has 9 heteroatoms. The molecule has 0 radical (unpaired) electrons. The molecular weight excluding hydrogens is 410 g/mol. The summed E-state index contributed by atoms with van der Waals surface area (Å²) in [5, 5.41) is 4.32. The standard InChI is InChI=1S/C20H16ClF4N3O/c1-12-17(18(21)28(26-12)16-9-7-15(22)8-10-16)19(29)27(2)11-13-3-5-14(6-4-13)20(23,24)25/h3-10H,11H2,1-2H3. The van der Waals surface area contributed by atoms with E-state index in [1.807, 2.05) is 0 Å². The lowest BCUT2D eigenvalue weighted by molar-refractivity contribution is -0.137. The van der Waals surface area contributed by atoms with Gasteiger partial charge in [-0.25, -0.2) is 9.07 Å². The molecule has 3 aromatic rings. The molecule has 0 unspecified atom stereocenters. The van der Waals surface area contributed by atoms with E-state index >= 15 is 0 Å². The van der Waals surface area contributed by atoms with Gasteiger partial charge in [0.05, 0.1) is 22.5 Å². The van der Waals surface area contributed by atoms with Crippen molar-refractivity contribution in [1.29, 1.82) is 0 Å². The van der Waals surface area contributed by atoms with Crippen molar-refractivity contribution < 1.29 is 22.4 Å². The predicted molar refractivity (Wildman–Crippen MR) is 101 cm³/mol. The number of hydrogen-bond acceptors (Lipinski definition) is 2. The number of amides is 1. The molecule has 0 bridgehead atoms. The first kappa shape index (κ1) is 20.9. The van der Waals surface area contributed by atoms with E-state index < -0.39 is 23.5 Å². The summed E-state index contributed by atoms with van der Waals surface area (Å²) in [5.41, 5.74) is 0.821. The van der Waals surface area contributed by atoms with Crippen LogP contribution in [-0.4, -0.2) is 27.6 Å². The largest absolute Gasteiger partial charge is 0.416 e. The van der Waals surface area contributed by atoms with Gasteiger partial charge < -0.3 is 4.90 Å². The first-order valence-corrected chi connectivity index (χ1v) is 8.88. The highest BCUT2D eigenvalue weighted by atomic mass is 35.5. The number of aryl methyl sites for hydroxylation is 1. The van der Waals surface area contributed by atoms with Crippen LogP contribution in [0.5, 0.6) is 0 Å². The molecule has 0 saturated carbocycles. The maximum Gasteiger partial charge on any atom is 0.416 e. The van der Waals surface area contributed by atoms with Gasteiger partial charge in [-0.15, -0.1) is 0 Å². The summed E-state index contributed by atoms with van der Waals surface area (Å²) in [4.78, 5) is 14.2. The van der Waals surface area contributed by atoms with E-state index in [4.69, 9.17) is 11.6 Å². The smallest absolute Gasteiger partial charge is 0.337 e. The fraction of sp³-hybridized carbons (Fsp3) is 0.200. The minimum Gasteiger partial charge on any atom is -0.337 e. The maximum absolute atomic E-state index is 13.1. The monoisotopic (exact) mass is 425 g/mol. The first-order valence-electron chi connectivity index (χ1n) is 8.50. The van der Waals surface area contributed by atoms with E-state index in [2.05, 4.69) is 5.10 Å². The lowest BCUT2D eigenvalue weighted by Crippen LogP contribution is -2.26. The van der Waals surface area contributed by atoms with E-state index in [-0.39, 0.29) is 17.3 Å². The summed E-state index contributed by atoms with van der Waals surface area (Å²) < 4.78 is 52.5. The molecule has 0 saturated heterocycles. The summed E-state index contributed by atoms with van der Waals surface area (Å²) in [5.74, 6) is -0.845. The van der Waals surface area contributed by atoms with Crippen LogP contribution >= 0.6 is 11.6 Å². The van der Waals surface area contributed by atoms with Gasteiger partial charge in [0.2, 0.25) is 0 Å². The fourth-order valence-electron chi connectivity index (χ4n) is 2.83. The van der Waals surface area contributed by atoms with Gasteiger partial charge in [0, 0.05) is 13.6 Å². The molecule has 0 spiro atoms. The fourth-order valence-corrected chi connectivity index (χ4v) is 3.18. The van der Waals surface area contributed by atoms with Crippen molar-refractivity contribution in [2.75, 3.05) is 7.05 Å². The third-order valence-corrected chi connectivity index (χ3v) is 4.69. The molecule has 152 valence electrons. The lowest BCUT2D eigenvalue weighted by atomic mass is 10.1. The number of rotatable bonds is 4. The molecule has 3 rings (SSSR count). The van der Waals surface area contributed by atoms with Gasteiger partial charge in [0.15, 0.2) is 0 Å². The van der Waals surface area contributed by atoms with Gasteiger partial charge in [-0.1, -0.05) is 23.7 Å². The van der Waals surface area contributed by atoms with Crippen molar-refractivity contribution in [3.05, 3.63) is 81.9 Å². The minimum absolute atomic E-state index is 0.0679. The van der Waals surface area contributed by atoms with Crippen LogP contribution in [0.15, 0.2) is 48.5 Å². The van der Waals surface area contributed by atoms with Crippen molar-refractivity contribution in [1.82, 2.24) is 14.7 Å². The van der Waals surface area contributed by atoms with E-state index in [0.29, 0.717) is 16.9 Å². The van der Waals surface area contributed by atoms with Crippen molar-refractivity contribution in [3.8, 4) is 5.69 Å². The Hall–Kier alpha value is -2.87. The molecule has 1 aromatic heterocycles. The Bertz CT molecular complexity index is 1030. The molecule has 0 aliphatic heterocycles. The third kappa shape index (κ3) is 4.42. The summed E-state index contributed by atoms with van der Waals surface area (Å²) in [7, 11) is 1.52. The molecule has 0 N–H and O–H groups in total. The zero-order valence-corrected chi connectivity index (χ0v) is 16.2. The van der Waals surface area contributed by atoms with Crippen LogP contribution in [0.3, 0.4) is 0 Å². The molecule has 29 heavy (non-hydrogen) atoms. The zero-order chi connectivity index (χ0) is 21.3. The second kappa shape index (κ2) is 7.87. The van der Waals surface area contributed by atoms with Crippen molar-refractivity contribution >= 4 is 17.5 Å². The van der Waals surface area contributed by atoms with Crippen LogP contribution in [0.4, 0.5) is 17.6 Å². The summed E-state index contributed by atoms with van der Waals surface area (Å²) >= 11 is 6.35. The summed E-state index contributed by atoms with van der Waals surface area (Å²) in [6, 6.07) is 10.0. The number of benzene rings is 2. The average Bonchev–Trinajstić information content (AvgIpc) is 2.95. The quantitative estimate of drug-likeness (QED) is 0.534. The van der Waals surface area contributed by atoms with E-state index in [1.54, 1.807) is 6.92 Å². The number of aromatic nitrogens is 2. The molecule has 0 fully saturated rings. The summed E-state index contributed by atoms with van der Waals surface area (Å²) in [6.07, 6.45) is -4.42. The average molecular weight is 426 g/mol. The Morgan fingerprint density at radius 3 is 2.24 bits per heavy atom. The van der Waals surface area contributed by atoms with E-state index in [1.165, 1.54) is 53.0 Å². The maximum atomic E-state index is 13.1. The molecular formula is C20H16ClF4N3O. The number of alkyl halides is 3. The molecule has 1 amide bonds. The highest BCUT2D eigenvalue weighted by molar-refractivity contribution is 6.33. The SMILES string of the molecule is Cc1nn(-c2ccc(F)cc2)c(Cl)c1C(=O)N(C)Cc1ccc(C(F)(F)F)cc1. The van der Waals surface area contributed by atoms with Crippen molar-refractivity contribution in [2.45, 2.75) is 19.6 Å². The minimum atomic E-state index is -4.42. The van der Waals surface area contributed by atoms with Crippen LogP contribution in [0.1, 0.15) is 27.2 Å². The van der Waals surface area contributed by atoms with Crippen molar-refractivity contribution in [3.63, 3.8) is 0 Å². The zero-order valence-electron chi connectivity index (χ0n) is 15.5. The molecule has 0 atom stereocenters. The summed E-state index contributed by atoms with van der Waals surface area (Å²) in [6.45, 7) is 1.71. The van der Waals surface area contributed by atoms with Crippen LogP contribution < -0.4 is 0 Å². The van der Waals surface area contributed by atoms with Gasteiger partial charge >= 0.3 is 6.18 Å². The number of carbonyl (C=O) groups is 1. The van der Waals surface area contributed by atoms with Gasteiger partial charge in [0.1, 0.15) is 11.0 Å². The molecule has 0 aliphatic carbocycles. The highest BCUT2D eigenvalue weighted by Gasteiger charge is 2.30. The van der Waals surface area contributed by atoms with Gasteiger partial charge in [-0.3, -0.25) is 4.79 Å². The predicted octanol–water partition coefficient (Wildman–Crippen LogP) is 5.26. The van der Waals surface area contributed by atoms with Gasteiger partial charge in [0.25, 0.3) is 5.91 Å². The Balaban J connectivity index is 1.82. The van der Waals surface area contributed by atoms with Crippen LogP contribution in [0.25, 0.3) is 5.69 Å². The number of carbonyl (C=O) groups excluding carboxylic acids is 1. The second-order valence-corrected chi connectivity index (χ2v) is 6.85. The molecule has 0 aliphatic rings. The van der Waals surface area contributed by atoms with Gasteiger partial charge in [-0.05, 0) is 48.9 Å². The second-order valence-electron chi connectivity index (χ2n) is 6.50. The lowest BCUT2D eigenvalue weighted by Gasteiger charge is -2.18. The van der Waals surface area contributed by atoms with E-state index in [0.717, 1.165) is 12.1 Å². The van der Waals surface area contributed by atoms with E-state index in [9.17, 15) is 22.4 Å². The number of halogens is 5. The molecule has 2 aromatic carbocycles. The van der Waals surface area contributed by atoms with Gasteiger partial charge in [-0.2, -0.15) is 18.3 Å². The Kier molecular flexibility index (Phi) is 5.66. The molecule has 1 heterocycles. The Morgan fingerprint density at radius 2 is 1.69 bits per heavy atom. The number of nitrogens with zero attached hydrogens (tertiary/aromatic N) is 3. The first-order chi connectivity index (χ1) is 13.6. The van der Waals surface area contributed by atoms with Crippen molar-refractivity contribution in [2.24, 2.45) is 0 Å².